The first kappa shape index (κ1) is 22.3. The maximum absolute atomic E-state index is 13.3. The molecule has 1 aromatic rings. The van der Waals surface area contributed by atoms with Crippen LogP contribution in [0.3, 0.4) is 0 Å². The second kappa shape index (κ2) is 9.94. The van der Waals surface area contributed by atoms with E-state index >= 15 is 0 Å². The highest BCUT2D eigenvalue weighted by Crippen LogP contribution is 2.16. The molecule has 0 aliphatic carbocycles. The zero-order valence-electron chi connectivity index (χ0n) is 16.2. The zero-order chi connectivity index (χ0) is 20.7. The van der Waals surface area contributed by atoms with E-state index < -0.39 is 21.9 Å². The molecule has 1 fully saturated rings. The van der Waals surface area contributed by atoms with Crippen LogP contribution in [0.25, 0.3) is 0 Å². The first-order valence-electron chi connectivity index (χ1n) is 9.40. The monoisotopic (exact) mass is 415 g/mol. The van der Waals surface area contributed by atoms with E-state index in [1.807, 2.05) is 6.92 Å². The third kappa shape index (κ3) is 5.98. The molecule has 1 aliphatic heterocycles. The molecule has 2 rings (SSSR count). The number of hydrogen-bond acceptors (Lipinski definition) is 4. The molecule has 1 heterocycles. The van der Waals surface area contributed by atoms with E-state index in [1.54, 1.807) is 6.92 Å². The Morgan fingerprint density at radius 1 is 1.29 bits per heavy atom. The average Bonchev–Trinajstić information content (AvgIpc) is 2.66. The number of nitrogens with one attached hydrogen (secondary N) is 3. The lowest BCUT2D eigenvalue weighted by Crippen LogP contribution is -3.15. The number of benzene rings is 1. The van der Waals surface area contributed by atoms with Crippen LogP contribution >= 0.6 is 0 Å². The predicted molar refractivity (Wildman–Crippen MR) is 102 cm³/mol. The van der Waals surface area contributed by atoms with E-state index in [-0.39, 0.29) is 36.3 Å². The number of piperazine rings is 1. The van der Waals surface area contributed by atoms with Crippen LogP contribution in [0.15, 0.2) is 29.2 Å². The van der Waals surface area contributed by atoms with E-state index in [9.17, 15) is 22.4 Å². The number of hydrogen-bond donors (Lipinski definition) is 3. The van der Waals surface area contributed by atoms with Crippen LogP contribution in [-0.2, 0) is 19.6 Å². The van der Waals surface area contributed by atoms with Crippen molar-refractivity contribution in [3.8, 4) is 0 Å². The highest BCUT2D eigenvalue weighted by molar-refractivity contribution is 7.89. The van der Waals surface area contributed by atoms with Crippen LogP contribution in [0.5, 0.6) is 0 Å². The van der Waals surface area contributed by atoms with Crippen LogP contribution in [0.1, 0.15) is 20.3 Å². The van der Waals surface area contributed by atoms with Gasteiger partial charge in [0, 0.05) is 6.54 Å². The van der Waals surface area contributed by atoms with Gasteiger partial charge < -0.3 is 15.5 Å². The third-order valence-electron chi connectivity index (χ3n) is 4.59. The summed E-state index contributed by atoms with van der Waals surface area (Å²) in [4.78, 5) is 24.8. The summed E-state index contributed by atoms with van der Waals surface area (Å²) in [5.74, 6) is -1.08. The van der Waals surface area contributed by atoms with Gasteiger partial charge in [-0.3, -0.25) is 9.59 Å². The third-order valence-corrected chi connectivity index (χ3v) is 6.49. The van der Waals surface area contributed by atoms with Gasteiger partial charge in [-0.05, 0) is 31.5 Å². The summed E-state index contributed by atoms with van der Waals surface area (Å²) in [7, 11) is -3.75. The molecule has 0 saturated carbocycles. The highest BCUT2D eigenvalue weighted by Gasteiger charge is 2.31. The van der Waals surface area contributed by atoms with Gasteiger partial charge in [0.05, 0.1) is 31.1 Å². The fourth-order valence-electron chi connectivity index (χ4n) is 2.98. The molecule has 0 spiro atoms. The summed E-state index contributed by atoms with van der Waals surface area (Å²) in [6.07, 6.45) is 0.819. The van der Waals surface area contributed by atoms with Gasteiger partial charge in [0.15, 0.2) is 6.54 Å². The van der Waals surface area contributed by atoms with Crippen molar-refractivity contribution in [2.75, 3.05) is 39.3 Å². The van der Waals surface area contributed by atoms with Crippen LogP contribution in [0.4, 0.5) is 4.39 Å². The number of sulfonamides is 1. The lowest BCUT2D eigenvalue weighted by Gasteiger charge is -2.31. The van der Waals surface area contributed by atoms with Crippen LogP contribution in [0, 0.1) is 5.82 Å². The minimum absolute atomic E-state index is 0.0689. The van der Waals surface area contributed by atoms with Gasteiger partial charge in [0.2, 0.25) is 15.9 Å². The van der Waals surface area contributed by atoms with E-state index in [4.69, 9.17) is 0 Å². The van der Waals surface area contributed by atoms with Gasteiger partial charge in [-0.25, -0.2) is 12.8 Å². The molecule has 2 amide bonds. The molecular weight excluding hydrogens is 387 g/mol. The van der Waals surface area contributed by atoms with E-state index in [0.29, 0.717) is 19.6 Å². The second-order valence-corrected chi connectivity index (χ2v) is 8.81. The Morgan fingerprint density at radius 2 is 1.96 bits per heavy atom. The van der Waals surface area contributed by atoms with Crippen molar-refractivity contribution >= 4 is 21.8 Å². The first-order valence-corrected chi connectivity index (χ1v) is 10.8. The molecule has 1 atom stereocenters. The van der Waals surface area contributed by atoms with Crippen LogP contribution < -0.4 is 15.5 Å². The number of halogens is 1. The maximum atomic E-state index is 13.3. The van der Waals surface area contributed by atoms with E-state index in [1.165, 1.54) is 22.5 Å². The molecule has 1 aromatic carbocycles. The number of carbonyl (C=O) groups excluding carboxylic acids is 2. The molecule has 1 aliphatic rings. The van der Waals surface area contributed by atoms with Gasteiger partial charge in [-0.1, -0.05) is 13.0 Å². The molecular formula is C18H28FN4O4S+. The number of rotatable bonds is 8. The normalized spacial score (nSPS) is 17.1. The minimum atomic E-state index is -3.75. The molecule has 0 radical (unpaired) electrons. The minimum Gasteiger partial charge on any atom is -0.354 e. The fraction of sp³-hybridized carbons (Fsp3) is 0.556. The highest BCUT2D eigenvalue weighted by atomic mass is 32.2. The Labute approximate surface area is 165 Å². The Balaban J connectivity index is 1.83. The van der Waals surface area contributed by atoms with Crippen molar-refractivity contribution in [2.45, 2.75) is 31.2 Å². The Morgan fingerprint density at radius 3 is 2.57 bits per heavy atom. The molecule has 0 unspecified atom stereocenters. The summed E-state index contributed by atoms with van der Waals surface area (Å²) in [6, 6.07) is 4.33. The zero-order valence-corrected chi connectivity index (χ0v) is 17.0. The summed E-state index contributed by atoms with van der Waals surface area (Å²) < 4.78 is 39.9. The standard InChI is InChI=1S/C18H27FN4O4S/c1-3-7-20-18(25)14(2)21-17(24)13-22-8-10-23(11-9-22)28(26,27)16-6-4-5-15(19)12-16/h4-6,12,14H,3,7-11,13H2,1-2H3,(H,20,25)(H,21,24)/p+1/t14-/m0/s1. The topological polar surface area (TPSA) is 100 Å². The Bertz CT molecular complexity index is 795. The van der Waals surface area contributed by atoms with Crippen LogP contribution in [0.2, 0.25) is 0 Å². The van der Waals surface area contributed by atoms with Gasteiger partial charge >= 0.3 is 0 Å². The summed E-state index contributed by atoms with van der Waals surface area (Å²) in [5, 5.41) is 5.39. The van der Waals surface area contributed by atoms with Gasteiger partial charge in [0.25, 0.3) is 5.91 Å². The molecule has 0 bridgehead atoms. The van der Waals surface area contributed by atoms with Crippen molar-refractivity contribution in [2.24, 2.45) is 0 Å². The summed E-state index contributed by atoms with van der Waals surface area (Å²) >= 11 is 0. The van der Waals surface area contributed by atoms with E-state index in [2.05, 4.69) is 10.6 Å². The molecule has 8 nitrogen and oxygen atoms in total. The number of carbonyl (C=O) groups is 2. The molecule has 0 aromatic heterocycles. The number of amides is 2. The van der Waals surface area contributed by atoms with Crippen molar-refractivity contribution < 1.29 is 27.3 Å². The van der Waals surface area contributed by atoms with Crippen molar-refractivity contribution in [1.82, 2.24) is 14.9 Å². The SMILES string of the molecule is CCCNC(=O)[C@H](C)NC(=O)C[NH+]1CCN(S(=O)(=O)c2cccc(F)c2)CC1. The van der Waals surface area contributed by atoms with Crippen LogP contribution in [-0.4, -0.2) is 69.8 Å². The maximum Gasteiger partial charge on any atom is 0.275 e. The second-order valence-electron chi connectivity index (χ2n) is 6.87. The summed E-state index contributed by atoms with van der Waals surface area (Å²) in [6.45, 7) is 5.70. The number of quaternary nitrogens is 1. The smallest absolute Gasteiger partial charge is 0.275 e. The fourth-order valence-corrected chi connectivity index (χ4v) is 4.46. The average molecular weight is 416 g/mol. The molecule has 3 N–H and O–H groups in total. The van der Waals surface area contributed by atoms with E-state index in [0.717, 1.165) is 17.4 Å². The van der Waals surface area contributed by atoms with Gasteiger partial charge in [-0.2, -0.15) is 4.31 Å². The lowest BCUT2D eigenvalue weighted by atomic mass is 10.3. The lowest BCUT2D eigenvalue weighted by molar-refractivity contribution is -0.895. The molecule has 156 valence electrons. The van der Waals surface area contributed by atoms with Gasteiger partial charge in [-0.15, -0.1) is 0 Å². The molecule has 1 saturated heterocycles. The molecule has 10 heteroatoms. The molecule has 28 heavy (non-hydrogen) atoms. The first-order chi connectivity index (χ1) is 13.2. The predicted octanol–water partition coefficient (Wildman–Crippen LogP) is -1.25. The largest absolute Gasteiger partial charge is 0.354 e. The van der Waals surface area contributed by atoms with Crippen molar-refractivity contribution in [3.63, 3.8) is 0 Å². The Kier molecular flexibility index (Phi) is 7.90. The van der Waals surface area contributed by atoms with Crippen molar-refractivity contribution in [1.29, 1.82) is 0 Å². The Hall–Kier alpha value is -2.04. The summed E-state index contributed by atoms with van der Waals surface area (Å²) in [5.41, 5.74) is 0. The van der Waals surface area contributed by atoms with Crippen molar-refractivity contribution in [3.05, 3.63) is 30.1 Å². The van der Waals surface area contributed by atoms with Gasteiger partial charge in [0.1, 0.15) is 11.9 Å². The quantitative estimate of drug-likeness (QED) is 0.494. The number of nitrogens with zero attached hydrogens (tertiary/aromatic N) is 1.